The van der Waals surface area contributed by atoms with Crippen molar-refractivity contribution in [3.8, 4) is 0 Å². The van der Waals surface area contributed by atoms with Gasteiger partial charge in [0, 0.05) is 0 Å². The van der Waals surface area contributed by atoms with E-state index in [-0.39, 0.29) is 0 Å². The zero-order valence-electron chi connectivity index (χ0n) is 5.00. The number of hydrogen-bond acceptors (Lipinski definition) is 2. The Morgan fingerprint density at radius 1 is 1.56 bits per heavy atom. The second kappa shape index (κ2) is 2.49. The first-order chi connectivity index (χ1) is 4.36. The van der Waals surface area contributed by atoms with E-state index in [0.29, 0.717) is 0 Å². The maximum Gasteiger partial charge on any atom is 0.146 e. The van der Waals surface area contributed by atoms with Gasteiger partial charge >= 0.3 is 0 Å². The van der Waals surface area contributed by atoms with Crippen molar-refractivity contribution < 1.29 is 9.90 Å². The number of rotatable bonds is 1. The molecule has 0 atom stereocenters. The fourth-order valence-electron chi connectivity index (χ4n) is 0.866. The highest BCUT2D eigenvalue weighted by molar-refractivity contribution is 5.75. The lowest BCUT2D eigenvalue weighted by molar-refractivity contribution is -0.105. The molecule has 0 bridgehead atoms. The van der Waals surface area contributed by atoms with Crippen LogP contribution >= 0.6 is 0 Å². The Morgan fingerprint density at radius 3 is 2.67 bits per heavy atom. The summed E-state index contributed by atoms with van der Waals surface area (Å²) in [5.41, 5.74) is 1.62. The van der Waals surface area contributed by atoms with E-state index in [9.17, 15) is 4.79 Å². The molecule has 0 amide bonds. The molecule has 0 fully saturated rings. The minimum atomic E-state index is 0.773. The summed E-state index contributed by atoms with van der Waals surface area (Å²) < 4.78 is 0. The number of hydrogen-bond donors (Lipinski definition) is 1. The van der Waals surface area contributed by atoms with Gasteiger partial charge in [-0.1, -0.05) is 0 Å². The Morgan fingerprint density at radius 2 is 2.33 bits per heavy atom. The smallest absolute Gasteiger partial charge is 0.146 e. The first-order valence-corrected chi connectivity index (χ1v) is 2.86. The molecule has 1 N–H and O–H groups in total. The second-order valence-electron chi connectivity index (χ2n) is 2.04. The fraction of sp³-hybridized carbons (Fsp3) is 0.286. The summed E-state index contributed by atoms with van der Waals surface area (Å²) in [6, 6.07) is 0. The molecule has 48 valence electrons. The van der Waals surface area contributed by atoms with Crippen LogP contribution in [0, 0.1) is 0 Å². The maximum atomic E-state index is 10.1. The lowest BCUT2D eigenvalue weighted by atomic mass is 10.2. The first-order valence-electron chi connectivity index (χ1n) is 2.86. The SMILES string of the molecule is O=CC1=CC(=CO)CC1. The summed E-state index contributed by atoms with van der Waals surface area (Å²) in [7, 11) is 0. The molecular weight excluding hydrogens is 116 g/mol. The molecule has 1 rings (SSSR count). The number of aliphatic hydroxyl groups excluding tert-OH is 1. The Kier molecular flexibility index (Phi) is 1.68. The number of aldehydes is 1. The summed E-state index contributed by atoms with van der Waals surface area (Å²) in [4.78, 5) is 10.1. The van der Waals surface area contributed by atoms with Crippen molar-refractivity contribution in [2.45, 2.75) is 12.8 Å². The van der Waals surface area contributed by atoms with Crippen LogP contribution in [0.4, 0.5) is 0 Å². The van der Waals surface area contributed by atoms with Crippen LogP contribution in [0.2, 0.25) is 0 Å². The van der Waals surface area contributed by atoms with E-state index in [1.54, 1.807) is 6.08 Å². The third-order valence-electron chi connectivity index (χ3n) is 1.39. The molecule has 2 nitrogen and oxygen atoms in total. The van der Waals surface area contributed by atoms with Gasteiger partial charge in [0.1, 0.15) is 6.29 Å². The molecular formula is C7H8O2. The van der Waals surface area contributed by atoms with Gasteiger partial charge in [-0.25, -0.2) is 0 Å². The molecule has 0 radical (unpaired) electrons. The van der Waals surface area contributed by atoms with Crippen molar-refractivity contribution in [3.63, 3.8) is 0 Å². The van der Waals surface area contributed by atoms with Crippen molar-refractivity contribution >= 4 is 6.29 Å². The molecule has 2 heteroatoms. The summed E-state index contributed by atoms with van der Waals surface area (Å²) in [6.45, 7) is 0. The molecule has 9 heavy (non-hydrogen) atoms. The van der Waals surface area contributed by atoms with E-state index in [0.717, 1.165) is 36.5 Å². The van der Waals surface area contributed by atoms with Gasteiger partial charge in [-0.15, -0.1) is 0 Å². The van der Waals surface area contributed by atoms with Gasteiger partial charge in [-0.3, -0.25) is 4.79 Å². The summed E-state index contributed by atoms with van der Waals surface area (Å²) in [6.07, 6.45) is 5.17. The Labute approximate surface area is 53.5 Å². The van der Waals surface area contributed by atoms with Crippen LogP contribution in [0.1, 0.15) is 12.8 Å². The number of allylic oxidation sites excluding steroid dienone is 3. The maximum absolute atomic E-state index is 10.1. The van der Waals surface area contributed by atoms with Crippen molar-refractivity contribution in [1.82, 2.24) is 0 Å². The van der Waals surface area contributed by atoms with Gasteiger partial charge in [-0.05, 0) is 30.1 Å². The van der Waals surface area contributed by atoms with Gasteiger partial charge in [-0.2, -0.15) is 0 Å². The van der Waals surface area contributed by atoms with Crippen LogP contribution in [0.25, 0.3) is 0 Å². The quantitative estimate of drug-likeness (QED) is 0.423. The third-order valence-corrected chi connectivity index (χ3v) is 1.39. The standard InChI is InChI=1S/C7H8O2/c8-4-6-1-2-7(3-6)5-9/h3-5,8H,1-2H2. The Hall–Kier alpha value is -1.05. The summed E-state index contributed by atoms with van der Waals surface area (Å²) in [5.74, 6) is 0. The van der Waals surface area contributed by atoms with Crippen molar-refractivity contribution in [2.75, 3.05) is 0 Å². The van der Waals surface area contributed by atoms with E-state index in [2.05, 4.69) is 0 Å². The minimum Gasteiger partial charge on any atom is -0.515 e. The molecule has 1 aliphatic carbocycles. The van der Waals surface area contributed by atoms with E-state index in [4.69, 9.17) is 5.11 Å². The van der Waals surface area contributed by atoms with Gasteiger partial charge in [0.2, 0.25) is 0 Å². The van der Waals surface area contributed by atoms with Crippen molar-refractivity contribution in [2.24, 2.45) is 0 Å². The molecule has 0 saturated heterocycles. The molecule has 0 aliphatic heterocycles. The Bertz CT molecular complexity index is 177. The van der Waals surface area contributed by atoms with Crippen molar-refractivity contribution in [1.29, 1.82) is 0 Å². The molecule has 0 aromatic rings. The predicted molar refractivity (Wildman–Crippen MR) is 34.1 cm³/mol. The average Bonchev–Trinajstić information content (AvgIpc) is 2.34. The highest BCUT2D eigenvalue weighted by Gasteiger charge is 2.06. The molecule has 0 aromatic carbocycles. The second-order valence-corrected chi connectivity index (χ2v) is 2.04. The Balaban J connectivity index is 2.71. The highest BCUT2D eigenvalue weighted by atomic mass is 16.2. The molecule has 0 unspecified atom stereocenters. The first kappa shape index (κ1) is 6.08. The van der Waals surface area contributed by atoms with Crippen LogP contribution < -0.4 is 0 Å². The van der Waals surface area contributed by atoms with Crippen LogP contribution in [0.15, 0.2) is 23.5 Å². The van der Waals surface area contributed by atoms with Crippen molar-refractivity contribution in [3.05, 3.63) is 23.5 Å². The van der Waals surface area contributed by atoms with Crippen LogP contribution in [-0.2, 0) is 4.79 Å². The number of carbonyl (C=O) groups excluding carboxylic acids is 1. The number of aliphatic hydroxyl groups is 1. The van der Waals surface area contributed by atoms with Gasteiger partial charge in [0.05, 0.1) is 6.26 Å². The lowest BCUT2D eigenvalue weighted by Crippen LogP contribution is -1.73. The monoisotopic (exact) mass is 124 g/mol. The van der Waals surface area contributed by atoms with E-state index < -0.39 is 0 Å². The third kappa shape index (κ3) is 1.19. The van der Waals surface area contributed by atoms with E-state index in [1.165, 1.54) is 0 Å². The zero-order chi connectivity index (χ0) is 6.69. The van der Waals surface area contributed by atoms with Gasteiger partial charge in [0.15, 0.2) is 0 Å². The summed E-state index contributed by atoms with van der Waals surface area (Å²) >= 11 is 0. The van der Waals surface area contributed by atoms with Gasteiger partial charge < -0.3 is 5.11 Å². The average molecular weight is 124 g/mol. The number of carbonyl (C=O) groups is 1. The summed E-state index contributed by atoms with van der Waals surface area (Å²) in [5, 5.41) is 8.46. The van der Waals surface area contributed by atoms with Crippen LogP contribution in [0.5, 0.6) is 0 Å². The van der Waals surface area contributed by atoms with Crippen LogP contribution in [-0.4, -0.2) is 11.4 Å². The molecule has 0 aromatic heterocycles. The predicted octanol–water partition coefficient (Wildman–Crippen LogP) is 1.35. The lowest BCUT2D eigenvalue weighted by Gasteiger charge is -1.83. The molecule has 0 spiro atoms. The molecule has 1 aliphatic rings. The fourth-order valence-corrected chi connectivity index (χ4v) is 0.866. The zero-order valence-corrected chi connectivity index (χ0v) is 5.00. The molecule has 0 heterocycles. The van der Waals surface area contributed by atoms with Gasteiger partial charge in [0.25, 0.3) is 0 Å². The van der Waals surface area contributed by atoms with Crippen LogP contribution in [0.3, 0.4) is 0 Å². The normalized spacial score (nSPS) is 22.2. The molecule has 0 saturated carbocycles. The van der Waals surface area contributed by atoms with E-state index >= 15 is 0 Å². The topological polar surface area (TPSA) is 37.3 Å². The largest absolute Gasteiger partial charge is 0.515 e. The van der Waals surface area contributed by atoms with E-state index in [1.807, 2.05) is 0 Å². The highest BCUT2D eigenvalue weighted by Crippen LogP contribution is 2.20. The minimum absolute atomic E-state index is 0.773.